The summed E-state index contributed by atoms with van der Waals surface area (Å²) in [5.41, 5.74) is 2.74. The van der Waals surface area contributed by atoms with E-state index in [4.69, 9.17) is 0 Å². The quantitative estimate of drug-likeness (QED) is 0.901. The predicted molar refractivity (Wildman–Crippen MR) is 82.2 cm³/mol. The summed E-state index contributed by atoms with van der Waals surface area (Å²) < 4.78 is 16.9. The standard InChI is InChI=1S/C15H19BrFN3/c1-4-20-14(15(16)10(2)19-20)9-13(18-3)11-7-5-6-8-12(11)17/h5-8,13,18H,4,9H2,1-3H3. The third-order valence-corrected chi connectivity index (χ3v) is 4.51. The third kappa shape index (κ3) is 2.94. The maximum absolute atomic E-state index is 13.9. The molecule has 0 saturated carbocycles. The van der Waals surface area contributed by atoms with Gasteiger partial charge in [-0.3, -0.25) is 4.68 Å². The van der Waals surface area contributed by atoms with Crippen LogP contribution in [0.15, 0.2) is 28.7 Å². The minimum absolute atomic E-state index is 0.0751. The van der Waals surface area contributed by atoms with Crippen LogP contribution in [0.5, 0.6) is 0 Å². The van der Waals surface area contributed by atoms with Crippen molar-refractivity contribution in [1.82, 2.24) is 15.1 Å². The minimum atomic E-state index is -0.178. The number of aromatic nitrogens is 2. The van der Waals surface area contributed by atoms with Gasteiger partial charge in [-0.05, 0) is 42.9 Å². The normalized spacial score (nSPS) is 12.7. The molecule has 0 aliphatic heterocycles. The van der Waals surface area contributed by atoms with Crippen molar-refractivity contribution < 1.29 is 4.39 Å². The van der Waals surface area contributed by atoms with E-state index in [0.717, 1.165) is 22.4 Å². The Morgan fingerprint density at radius 3 is 2.70 bits per heavy atom. The lowest BCUT2D eigenvalue weighted by atomic mass is 10.0. The fourth-order valence-electron chi connectivity index (χ4n) is 2.38. The first kappa shape index (κ1) is 15.2. The minimum Gasteiger partial charge on any atom is -0.313 e. The highest BCUT2D eigenvalue weighted by atomic mass is 79.9. The summed E-state index contributed by atoms with van der Waals surface area (Å²) in [6.07, 6.45) is 0.687. The highest BCUT2D eigenvalue weighted by molar-refractivity contribution is 9.10. The first-order valence-electron chi connectivity index (χ1n) is 6.72. The van der Waals surface area contributed by atoms with Crippen LogP contribution in [0.4, 0.5) is 4.39 Å². The highest BCUT2D eigenvalue weighted by Crippen LogP contribution is 2.27. The van der Waals surface area contributed by atoms with E-state index in [2.05, 4.69) is 33.3 Å². The lowest BCUT2D eigenvalue weighted by Crippen LogP contribution is -2.21. The summed E-state index contributed by atoms with van der Waals surface area (Å²) in [5, 5.41) is 7.67. The Labute approximate surface area is 127 Å². The zero-order valence-corrected chi connectivity index (χ0v) is 13.5. The topological polar surface area (TPSA) is 29.9 Å². The molecular weight excluding hydrogens is 321 g/mol. The van der Waals surface area contributed by atoms with Crippen LogP contribution in [0, 0.1) is 12.7 Å². The fraction of sp³-hybridized carbons (Fsp3) is 0.400. The average Bonchev–Trinajstić information content (AvgIpc) is 2.73. The van der Waals surface area contributed by atoms with Crippen LogP contribution in [0.2, 0.25) is 0 Å². The number of benzene rings is 1. The second-order valence-electron chi connectivity index (χ2n) is 4.73. The molecule has 1 atom stereocenters. The van der Waals surface area contributed by atoms with Gasteiger partial charge in [-0.2, -0.15) is 5.10 Å². The van der Waals surface area contributed by atoms with Crippen LogP contribution in [0.1, 0.15) is 29.9 Å². The first-order chi connectivity index (χ1) is 9.58. The molecule has 0 bridgehead atoms. The monoisotopic (exact) mass is 339 g/mol. The third-order valence-electron chi connectivity index (χ3n) is 3.48. The molecular formula is C15H19BrFN3. The smallest absolute Gasteiger partial charge is 0.127 e. The number of rotatable bonds is 5. The Morgan fingerprint density at radius 2 is 2.10 bits per heavy atom. The van der Waals surface area contributed by atoms with Gasteiger partial charge in [0, 0.05) is 24.6 Å². The molecule has 2 rings (SSSR count). The van der Waals surface area contributed by atoms with Crippen molar-refractivity contribution in [3.63, 3.8) is 0 Å². The molecule has 1 aromatic heterocycles. The molecule has 0 aliphatic carbocycles. The van der Waals surface area contributed by atoms with E-state index < -0.39 is 0 Å². The van der Waals surface area contributed by atoms with Gasteiger partial charge < -0.3 is 5.32 Å². The van der Waals surface area contributed by atoms with Crippen LogP contribution in [-0.4, -0.2) is 16.8 Å². The number of halogens is 2. The highest BCUT2D eigenvalue weighted by Gasteiger charge is 2.19. The summed E-state index contributed by atoms with van der Waals surface area (Å²) in [6, 6.07) is 6.82. The molecule has 0 aliphatic rings. The lowest BCUT2D eigenvalue weighted by Gasteiger charge is -2.18. The first-order valence-corrected chi connectivity index (χ1v) is 7.51. The van der Waals surface area contributed by atoms with Crippen LogP contribution in [0.25, 0.3) is 0 Å². The second-order valence-corrected chi connectivity index (χ2v) is 5.52. The van der Waals surface area contributed by atoms with Gasteiger partial charge in [0.2, 0.25) is 0 Å². The zero-order valence-electron chi connectivity index (χ0n) is 12.0. The predicted octanol–water partition coefficient (Wildman–Crippen LogP) is 3.62. The largest absolute Gasteiger partial charge is 0.313 e. The molecule has 1 heterocycles. The number of hydrogen-bond acceptors (Lipinski definition) is 2. The molecule has 0 fully saturated rings. The van der Waals surface area contributed by atoms with Gasteiger partial charge in [-0.1, -0.05) is 18.2 Å². The molecule has 0 radical (unpaired) electrons. The van der Waals surface area contributed by atoms with Crippen molar-refractivity contribution in [2.45, 2.75) is 32.9 Å². The summed E-state index contributed by atoms with van der Waals surface area (Å²) >= 11 is 3.59. The van der Waals surface area contributed by atoms with Gasteiger partial charge in [0.15, 0.2) is 0 Å². The van der Waals surface area contributed by atoms with Gasteiger partial charge in [-0.15, -0.1) is 0 Å². The van der Waals surface area contributed by atoms with Gasteiger partial charge in [0.25, 0.3) is 0 Å². The number of nitrogens with zero attached hydrogens (tertiary/aromatic N) is 2. The number of aryl methyl sites for hydroxylation is 2. The molecule has 5 heteroatoms. The maximum Gasteiger partial charge on any atom is 0.127 e. The van der Waals surface area contributed by atoms with Gasteiger partial charge in [-0.25, -0.2) is 4.39 Å². The van der Waals surface area contributed by atoms with E-state index in [9.17, 15) is 4.39 Å². The molecule has 0 saturated heterocycles. The van der Waals surface area contributed by atoms with E-state index in [1.807, 2.05) is 30.8 Å². The molecule has 20 heavy (non-hydrogen) atoms. The van der Waals surface area contributed by atoms with E-state index in [1.54, 1.807) is 6.07 Å². The Kier molecular flexibility index (Phi) is 4.94. The van der Waals surface area contributed by atoms with Crippen molar-refractivity contribution in [3.8, 4) is 0 Å². The lowest BCUT2D eigenvalue weighted by molar-refractivity contribution is 0.509. The Morgan fingerprint density at radius 1 is 1.40 bits per heavy atom. The molecule has 2 aromatic rings. The zero-order chi connectivity index (χ0) is 14.7. The maximum atomic E-state index is 13.9. The SMILES string of the molecule is CCn1nc(C)c(Br)c1CC(NC)c1ccccc1F. The van der Waals surface area contributed by atoms with Crippen molar-refractivity contribution in [2.75, 3.05) is 7.05 Å². The van der Waals surface area contributed by atoms with Gasteiger partial charge >= 0.3 is 0 Å². The van der Waals surface area contributed by atoms with E-state index >= 15 is 0 Å². The molecule has 1 N–H and O–H groups in total. The van der Waals surface area contributed by atoms with Crippen LogP contribution in [-0.2, 0) is 13.0 Å². The molecule has 1 unspecified atom stereocenters. The number of likely N-dealkylation sites (N-methyl/N-ethyl adjacent to an activating group) is 1. The van der Waals surface area contributed by atoms with Crippen LogP contribution >= 0.6 is 15.9 Å². The molecule has 108 valence electrons. The van der Waals surface area contributed by atoms with Crippen molar-refractivity contribution in [1.29, 1.82) is 0 Å². The Balaban J connectivity index is 2.34. The summed E-state index contributed by atoms with van der Waals surface area (Å²) in [4.78, 5) is 0. The van der Waals surface area contributed by atoms with E-state index in [0.29, 0.717) is 12.0 Å². The van der Waals surface area contributed by atoms with Crippen molar-refractivity contribution in [3.05, 3.63) is 51.5 Å². The number of hydrogen-bond donors (Lipinski definition) is 1. The van der Waals surface area contributed by atoms with Gasteiger partial charge in [0.05, 0.1) is 15.9 Å². The van der Waals surface area contributed by atoms with E-state index in [1.165, 1.54) is 6.07 Å². The van der Waals surface area contributed by atoms with Crippen molar-refractivity contribution in [2.24, 2.45) is 0 Å². The van der Waals surface area contributed by atoms with Crippen molar-refractivity contribution >= 4 is 15.9 Å². The van der Waals surface area contributed by atoms with Gasteiger partial charge in [0.1, 0.15) is 5.82 Å². The Hall–Kier alpha value is -1.20. The Bertz CT molecular complexity index is 595. The fourth-order valence-corrected chi connectivity index (χ4v) is 2.83. The molecule has 1 aromatic carbocycles. The van der Waals surface area contributed by atoms with E-state index in [-0.39, 0.29) is 11.9 Å². The van der Waals surface area contributed by atoms with Crippen LogP contribution in [0.3, 0.4) is 0 Å². The summed E-state index contributed by atoms with van der Waals surface area (Å²) in [7, 11) is 1.85. The summed E-state index contributed by atoms with van der Waals surface area (Å²) in [5.74, 6) is -0.178. The molecule has 0 amide bonds. The second kappa shape index (κ2) is 6.50. The average molecular weight is 340 g/mol. The molecule has 0 spiro atoms. The van der Waals surface area contributed by atoms with Crippen LogP contribution < -0.4 is 5.32 Å². The summed E-state index contributed by atoms with van der Waals surface area (Å²) in [6.45, 7) is 4.83. The number of nitrogens with one attached hydrogen (secondary N) is 1. The molecule has 3 nitrogen and oxygen atoms in total.